The predicted molar refractivity (Wildman–Crippen MR) is 119 cm³/mol. The molecule has 1 heterocycles. The lowest BCUT2D eigenvalue weighted by molar-refractivity contribution is -0.142. The molecule has 0 bridgehead atoms. The van der Waals surface area contributed by atoms with Crippen LogP contribution in [0.15, 0.2) is 82.3 Å². The van der Waals surface area contributed by atoms with Crippen LogP contribution in [0.25, 0.3) is 6.08 Å². The molecule has 1 amide bonds. The molecule has 0 atom stereocenters. The number of nitrogens with one attached hydrogen (secondary N) is 2. The third-order valence-corrected chi connectivity index (χ3v) is 5.80. The number of anilines is 1. The van der Waals surface area contributed by atoms with E-state index in [9.17, 15) is 18.0 Å². The van der Waals surface area contributed by atoms with E-state index in [2.05, 4.69) is 10.0 Å². The minimum atomic E-state index is -3.70. The molecule has 3 aromatic rings. The molecule has 166 valence electrons. The molecule has 0 saturated heterocycles. The number of rotatable bonds is 9. The maximum absolute atomic E-state index is 12.3. The highest BCUT2D eigenvalue weighted by atomic mass is 32.2. The number of carbonyl (C=O) groups excluding carboxylic acids is 2. The predicted octanol–water partition coefficient (Wildman–Crippen LogP) is 3.26. The van der Waals surface area contributed by atoms with Crippen molar-refractivity contribution in [1.29, 1.82) is 0 Å². The molecule has 0 aliphatic heterocycles. The minimum Gasteiger partial charge on any atom is -0.468 e. The molecule has 2 aromatic carbocycles. The van der Waals surface area contributed by atoms with Gasteiger partial charge in [-0.15, -0.1) is 0 Å². The van der Waals surface area contributed by atoms with Crippen molar-refractivity contribution in [2.24, 2.45) is 0 Å². The summed E-state index contributed by atoms with van der Waals surface area (Å²) in [6, 6.07) is 16.6. The molecule has 0 radical (unpaired) electrons. The van der Waals surface area contributed by atoms with Gasteiger partial charge in [-0.3, -0.25) is 4.79 Å². The Kier molecular flexibility index (Phi) is 7.58. The van der Waals surface area contributed by atoms with Crippen molar-refractivity contribution in [2.75, 3.05) is 11.9 Å². The molecule has 0 aliphatic rings. The average molecular weight is 455 g/mol. The highest BCUT2D eigenvalue weighted by Crippen LogP contribution is 2.14. The molecular weight excluding hydrogens is 432 g/mol. The largest absolute Gasteiger partial charge is 0.468 e. The molecule has 9 heteroatoms. The first-order valence-corrected chi connectivity index (χ1v) is 11.1. The highest BCUT2D eigenvalue weighted by molar-refractivity contribution is 7.89. The second-order valence-corrected chi connectivity index (χ2v) is 8.54. The van der Waals surface area contributed by atoms with Gasteiger partial charge in [0.2, 0.25) is 10.0 Å². The van der Waals surface area contributed by atoms with Gasteiger partial charge in [0.25, 0.3) is 5.91 Å². The van der Waals surface area contributed by atoms with E-state index in [4.69, 9.17) is 9.15 Å². The number of aryl methyl sites for hydroxylation is 1. The maximum atomic E-state index is 12.3. The Hall–Kier alpha value is -3.69. The number of amides is 1. The lowest BCUT2D eigenvalue weighted by Crippen LogP contribution is -2.22. The molecule has 8 nitrogen and oxygen atoms in total. The van der Waals surface area contributed by atoms with Gasteiger partial charge in [0, 0.05) is 11.8 Å². The Labute approximate surface area is 186 Å². The average Bonchev–Trinajstić information content (AvgIpc) is 3.31. The first-order valence-electron chi connectivity index (χ1n) is 9.66. The Bertz CT molecular complexity index is 1200. The summed E-state index contributed by atoms with van der Waals surface area (Å²) in [6.45, 7) is 1.48. The monoisotopic (exact) mass is 454 g/mol. The Morgan fingerprint density at radius 1 is 1.03 bits per heavy atom. The third kappa shape index (κ3) is 6.66. The van der Waals surface area contributed by atoms with Gasteiger partial charge in [-0.05, 0) is 54.5 Å². The zero-order valence-electron chi connectivity index (χ0n) is 17.3. The van der Waals surface area contributed by atoms with E-state index >= 15 is 0 Å². The topological polar surface area (TPSA) is 115 Å². The summed E-state index contributed by atoms with van der Waals surface area (Å²) in [6.07, 6.45) is 4.10. The van der Waals surface area contributed by atoms with Crippen molar-refractivity contribution >= 4 is 33.7 Å². The van der Waals surface area contributed by atoms with Crippen molar-refractivity contribution < 1.29 is 27.2 Å². The number of hydrogen-bond donors (Lipinski definition) is 2. The van der Waals surface area contributed by atoms with Gasteiger partial charge in [-0.2, -0.15) is 0 Å². The molecule has 0 spiro atoms. The van der Waals surface area contributed by atoms with E-state index in [0.29, 0.717) is 17.0 Å². The lowest BCUT2D eigenvalue weighted by Gasteiger charge is -2.07. The van der Waals surface area contributed by atoms with Gasteiger partial charge in [-0.25, -0.2) is 17.9 Å². The Morgan fingerprint density at radius 2 is 1.78 bits per heavy atom. The van der Waals surface area contributed by atoms with Crippen LogP contribution in [0.3, 0.4) is 0 Å². The summed E-state index contributed by atoms with van der Waals surface area (Å²) in [4.78, 5) is 23.9. The number of para-hydroxylation sites is 1. The second-order valence-electron chi connectivity index (χ2n) is 6.78. The van der Waals surface area contributed by atoms with Gasteiger partial charge in [0.05, 0.1) is 17.7 Å². The quantitative estimate of drug-likeness (QED) is 0.379. The van der Waals surface area contributed by atoms with Crippen LogP contribution < -0.4 is 10.0 Å². The molecule has 2 N–H and O–H groups in total. The van der Waals surface area contributed by atoms with Crippen LogP contribution >= 0.6 is 0 Å². The fraction of sp³-hybridized carbons (Fsp3) is 0.130. The van der Waals surface area contributed by atoms with E-state index in [0.717, 1.165) is 5.56 Å². The molecule has 3 rings (SSSR count). The van der Waals surface area contributed by atoms with Crippen molar-refractivity contribution in [3.05, 3.63) is 89.9 Å². The number of esters is 1. The van der Waals surface area contributed by atoms with Crippen LogP contribution in [0.1, 0.15) is 16.9 Å². The SMILES string of the molecule is Cc1ccccc1NC(=O)COC(=O)/C=C/c1ccc(S(=O)(=O)NCc2ccco2)cc1. The number of sulfonamides is 1. The minimum absolute atomic E-state index is 0.0419. The van der Waals surface area contributed by atoms with Gasteiger partial charge < -0.3 is 14.5 Å². The van der Waals surface area contributed by atoms with Crippen LogP contribution in [0, 0.1) is 6.92 Å². The molecule has 32 heavy (non-hydrogen) atoms. The molecule has 0 unspecified atom stereocenters. The first kappa shape index (κ1) is 23.0. The van der Waals surface area contributed by atoms with Crippen molar-refractivity contribution in [1.82, 2.24) is 4.72 Å². The maximum Gasteiger partial charge on any atom is 0.331 e. The van der Waals surface area contributed by atoms with E-state index in [1.807, 2.05) is 19.1 Å². The Morgan fingerprint density at radius 3 is 2.47 bits per heavy atom. The van der Waals surface area contributed by atoms with Gasteiger partial charge in [0.1, 0.15) is 5.76 Å². The van der Waals surface area contributed by atoms with Gasteiger partial charge in [0.15, 0.2) is 6.61 Å². The summed E-state index contributed by atoms with van der Waals surface area (Å²) in [5.74, 6) is -0.640. The zero-order chi connectivity index (χ0) is 23.0. The van der Waals surface area contributed by atoms with Gasteiger partial charge >= 0.3 is 5.97 Å². The van der Waals surface area contributed by atoms with Crippen molar-refractivity contribution in [2.45, 2.75) is 18.4 Å². The first-order chi connectivity index (χ1) is 15.3. The van der Waals surface area contributed by atoms with Gasteiger partial charge in [-0.1, -0.05) is 30.3 Å². The summed E-state index contributed by atoms with van der Waals surface area (Å²) in [5, 5.41) is 2.67. The zero-order valence-corrected chi connectivity index (χ0v) is 18.1. The fourth-order valence-corrected chi connectivity index (χ4v) is 3.66. The van der Waals surface area contributed by atoms with Crippen LogP contribution in [0.5, 0.6) is 0 Å². The molecule has 0 fully saturated rings. The summed E-state index contributed by atoms with van der Waals surface area (Å²) in [5.41, 5.74) is 2.14. The smallest absolute Gasteiger partial charge is 0.331 e. The number of hydrogen-bond acceptors (Lipinski definition) is 6. The number of carbonyl (C=O) groups is 2. The van der Waals surface area contributed by atoms with E-state index in [1.54, 1.807) is 36.4 Å². The normalized spacial score (nSPS) is 11.4. The molecular formula is C23H22N2O6S. The van der Waals surface area contributed by atoms with Crippen molar-refractivity contribution in [3.63, 3.8) is 0 Å². The van der Waals surface area contributed by atoms with Crippen molar-refractivity contribution in [3.8, 4) is 0 Å². The highest BCUT2D eigenvalue weighted by Gasteiger charge is 2.14. The fourth-order valence-electron chi connectivity index (χ4n) is 2.67. The van der Waals surface area contributed by atoms with Crippen LogP contribution in [0.2, 0.25) is 0 Å². The molecule has 0 aliphatic carbocycles. The molecule has 0 saturated carbocycles. The standard InChI is InChI=1S/C23H22N2O6S/c1-17-5-2-3-7-21(17)25-22(26)16-31-23(27)13-10-18-8-11-20(12-9-18)32(28,29)24-15-19-6-4-14-30-19/h2-14,24H,15-16H2,1H3,(H,25,26)/b13-10+. The van der Waals surface area contributed by atoms with E-state index < -0.39 is 28.5 Å². The van der Waals surface area contributed by atoms with Crippen LogP contribution in [-0.4, -0.2) is 26.9 Å². The number of benzene rings is 2. The van der Waals surface area contributed by atoms with Crippen LogP contribution in [-0.2, 0) is 30.9 Å². The summed E-state index contributed by atoms with van der Waals surface area (Å²) < 4.78 is 37.1. The van der Waals surface area contributed by atoms with E-state index in [-0.39, 0.29) is 11.4 Å². The summed E-state index contributed by atoms with van der Waals surface area (Å²) in [7, 11) is -3.70. The Balaban J connectivity index is 1.48. The number of furan rings is 1. The molecule has 1 aromatic heterocycles. The summed E-state index contributed by atoms with van der Waals surface area (Å²) >= 11 is 0. The third-order valence-electron chi connectivity index (χ3n) is 4.38. The second kappa shape index (κ2) is 10.6. The van der Waals surface area contributed by atoms with Crippen LogP contribution in [0.4, 0.5) is 5.69 Å². The lowest BCUT2D eigenvalue weighted by atomic mass is 10.2. The van der Waals surface area contributed by atoms with E-state index in [1.165, 1.54) is 30.5 Å². The number of ether oxygens (including phenoxy) is 1.